The summed E-state index contributed by atoms with van der Waals surface area (Å²) in [5.41, 5.74) is 1.35. The summed E-state index contributed by atoms with van der Waals surface area (Å²) in [7, 11) is 0. The van der Waals surface area contributed by atoms with Crippen molar-refractivity contribution in [1.29, 1.82) is 0 Å². The Morgan fingerprint density at radius 3 is 2.49 bits per heavy atom. The molecule has 3 heterocycles. The van der Waals surface area contributed by atoms with E-state index in [0.717, 1.165) is 5.56 Å². The fraction of sp³-hybridized carbons (Fsp3) is 0.452. The molecule has 1 aromatic carbocycles. The second kappa shape index (κ2) is 15.0. The Balaban J connectivity index is 1.60. The van der Waals surface area contributed by atoms with Gasteiger partial charge in [0.1, 0.15) is 18.4 Å². The standard InChI is InChI=1S/C31H40N8O4/c1-21(2)28-29-34-22(3)37-39(29)20-27(41)33-15-9-17-38(31(43)24-12-7-14-32-19-24)16-8-13-26(40)35-25(30(42)36-28)18-23-10-5-4-6-11-23/h4-7,10-12,14,19,21,25,28H,8-9,13,15-18,20H2,1-3H3,(H,33,41)(H,35,40)(H,36,42)/t25-,28+/m1/s1. The summed E-state index contributed by atoms with van der Waals surface area (Å²) < 4.78 is 1.52. The van der Waals surface area contributed by atoms with Gasteiger partial charge in [-0.15, -0.1) is 0 Å². The highest BCUT2D eigenvalue weighted by Gasteiger charge is 2.30. The van der Waals surface area contributed by atoms with Crippen LogP contribution in [0.2, 0.25) is 0 Å². The van der Waals surface area contributed by atoms with Gasteiger partial charge >= 0.3 is 0 Å². The van der Waals surface area contributed by atoms with E-state index in [-0.39, 0.29) is 42.5 Å². The Labute approximate surface area is 251 Å². The van der Waals surface area contributed by atoms with Crippen LogP contribution in [-0.4, -0.2) is 74.0 Å². The lowest BCUT2D eigenvalue weighted by atomic mass is 10.0. The molecule has 0 radical (unpaired) electrons. The lowest BCUT2D eigenvalue weighted by Crippen LogP contribution is -2.50. The number of amides is 4. The largest absolute Gasteiger partial charge is 0.354 e. The minimum Gasteiger partial charge on any atom is -0.354 e. The van der Waals surface area contributed by atoms with Crippen molar-refractivity contribution in [3.05, 3.63) is 77.6 Å². The normalized spacial score (nSPS) is 19.4. The van der Waals surface area contributed by atoms with Gasteiger partial charge in [0, 0.05) is 44.9 Å². The number of carbonyl (C=O) groups is 4. The second-order valence-corrected chi connectivity index (χ2v) is 11.1. The smallest absolute Gasteiger partial charge is 0.255 e. The summed E-state index contributed by atoms with van der Waals surface area (Å²) >= 11 is 0. The van der Waals surface area contributed by atoms with Crippen molar-refractivity contribution < 1.29 is 19.2 Å². The Morgan fingerprint density at radius 1 is 1.00 bits per heavy atom. The van der Waals surface area contributed by atoms with Crippen LogP contribution in [-0.2, 0) is 27.3 Å². The molecule has 2 atom stereocenters. The summed E-state index contributed by atoms with van der Waals surface area (Å²) in [4.78, 5) is 63.3. The van der Waals surface area contributed by atoms with E-state index in [0.29, 0.717) is 56.1 Å². The summed E-state index contributed by atoms with van der Waals surface area (Å²) in [5, 5.41) is 13.3. The van der Waals surface area contributed by atoms with Gasteiger partial charge in [-0.25, -0.2) is 9.67 Å². The number of fused-ring (bicyclic) bond motifs is 1. The molecule has 1 aliphatic rings. The Bertz CT molecular complexity index is 1390. The molecule has 228 valence electrons. The number of aryl methyl sites for hydroxylation is 1. The van der Waals surface area contributed by atoms with Crippen LogP contribution in [0.3, 0.4) is 0 Å². The van der Waals surface area contributed by atoms with Crippen molar-refractivity contribution in [2.24, 2.45) is 5.92 Å². The van der Waals surface area contributed by atoms with Gasteiger partial charge in [-0.2, -0.15) is 5.10 Å². The molecule has 1 aliphatic heterocycles. The first-order valence-corrected chi connectivity index (χ1v) is 14.7. The second-order valence-electron chi connectivity index (χ2n) is 11.1. The maximum Gasteiger partial charge on any atom is 0.255 e. The van der Waals surface area contributed by atoms with E-state index in [1.165, 1.54) is 10.9 Å². The van der Waals surface area contributed by atoms with Crippen molar-refractivity contribution in [2.45, 2.75) is 65.1 Å². The highest BCUT2D eigenvalue weighted by Crippen LogP contribution is 2.21. The van der Waals surface area contributed by atoms with E-state index in [1.807, 2.05) is 44.2 Å². The van der Waals surface area contributed by atoms with Gasteiger partial charge in [-0.05, 0) is 43.4 Å². The predicted octanol–water partition coefficient (Wildman–Crippen LogP) is 1.96. The monoisotopic (exact) mass is 588 g/mol. The summed E-state index contributed by atoms with van der Waals surface area (Å²) in [6.07, 6.45) is 4.47. The molecule has 0 unspecified atom stereocenters. The molecule has 43 heavy (non-hydrogen) atoms. The molecular formula is C31H40N8O4. The highest BCUT2D eigenvalue weighted by atomic mass is 16.2. The third kappa shape index (κ3) is 8.94. The Hall–Kier alpha value is -4.61. The molecule has 0 spiro atoms. The molecule has 0 aliphatic carbocycles. The molecule has 0 saturated carbocycles. The van der Waals surface area contributed by atoms with Crippen molar-refractivity contribution in [3.8, 4) is 0 Å². The zero-order valence-electron chi connectivity index (χ0n) is 25.0. The van der Waals surface area contributed by atoms with Crippen LogP contribution in [0.4, 0.5) is 0 Å². The molecule has 12 nitrogen and oxygen atoms in total. The third-order valence-electron chi connectivity index (χ3n) is 7.23. The van der Waals surface area contributed by atoms with Crippen LogP contribution in [0.15, 0.2) is 54.9 Å². The van der Waals surface area contributed by atoms with Crippen LogP contribution < -0.4 is 16.0 Å². The molecule has 3 N–H and O–H groups in total. The lowest BCUT2D eigenvalue weighted by Gasteiger charge is -2.26. The molecule has 3 aromatic rings. The Morgan fingerprint density at radius 2 is 1.77 bits per heavy atom. The van der Waals surface area contributed by atoms with Crippen LogP contribution in [0.1, 0.15) is 66.7 Å². The molecule has 0 bridgehead atoms. The van der Waals surface area contributed by atoms with Gasteiger partial charge in [-0.3, -0.25) is 24.2 Å². The minimum atomic E-state index is -0.844. The average molecular weight is 589 g/mol. The van der Waals surface area contributed by atoms with E-state index >= 15 is 0 Å². The van der Waals surface area contributed by atoms with Crippen LogP contribution >= 0.6 is 0 Å². The molecule has 0 saturated heterocycles. The van der Waals surface area contributed by atoms with Crippen molar-refractivity contribution in [1.82, 2.24) is 40.6 Å². The van der Waals surface area contributed by atoms with Crippen molar-refractivity contribution in [2.75, 3.05) is 19.6 Å². The average Bonchev–Trinajstić information content (AvgIpc) is 3.35. The van der Waals surface area contributed by atoms with Gasteiger partial charge in [0.15, 0.2) is 5.82 Å². The summed E-state index contributed by atoms with van der Waals surface area (Å²) in [5.74, 6) is -0.210. The van der Waals surface area contributed by atoms with Crippen LogP contribution in [0.5, 0.6) is 0 Å². The van der Waals surface area contributed by atoms with Crippen LogP contribution in [0, 0.1) is 12.8 Å². The number of benzene rings is 1. The summed E-state index contributed by atoms with van der Waals surface area (Å²) in [6.45, 7) is 6.64. The number of nitrogens with zero attached hydrogens (tertiary/aromatic N) is 5. The fourth-order valence-corrected chi connectivity index (χ4v) is 5.03. The maximum atomic E-state index is 13.7. The van der Waals surface area contributed by atoms with Gasteiger partial charge in [0.25, 0.3) is 5.91 Å². The third-order valence-corrected chi connectivity index (χ3v) is 7.23. The molecule has 4 rings (SSSR count). The number of hydrogen-bond acceptors (Lipinski definition) is 7. The first-order chi connectivity index (χ1) is 20.7. The van der Waals surface area contributed by atoms with Gasteiger partial charge in [-0.1, -0.05) is 44.2 Å². The van der Waals surface area contributed by atoms with E-state index in [4.69, 9.17) is 0 Å². The SMILES string of the molecule is Cc1nc2n(n1)CC(=O)NCCCN(C(=O)c1cccnc1)CCCC(=O)N[C@H](Cc1ccccc1)C(=O)N[C@H]2C(C)C. The number of rotatable bonds is 4. The maximum absolute atomic E-state index is 13.7. The quantitative estimate of drug-likeness (QED) is 0.422. The van der Waals surface area contributed by atoms with Gasteiger partial charge in [0.05, 0.1) is 11.6 Å². The fourth-order valence-electron chi connectivity index (χ4n) is 5.03. The van der Waals surface area contributed by atoms with Gasteiger partial charge < -0.3 is 20.9 Å². The number of hydrogen-bond donors (Lipinski definition) is 3. The topological polar surface area (TPSA) is 151 Å². The molecule has 0 fully saturated rings. The molecular weight excluding hydrogens is 548 g/mol. The van der Waals surface area contributed by atoms with E-state index in [1.54, 1.807) is 30.2 Å². The molecule has 2 aromatic heterocycles. The van der Waals surface area contributed by atoms with E-state index in [9.17, 15) is 19.2 Å². The van der Waals surface area contributed by atoms with Gasteiger partial charge in [0.2, 0.25) is 17.7 Å². The Kier molecular flexibility index (Phi) is 11.0. The number of pyridine rings is 1. The number of nitrogens with one attached hydrogen (secondary N) is 3. The van der Waals surface area contributed by atoms with Crippen LogP contribution in [0.25, 0.3) is 0 Å². The highest BCUT2D eigenvalue weighted by molar-refractivity contribution is 5.94. The van der Waals surface area contributed by atoms with E-state index in [2.05, 4.69) is 31.0 Å². The first kappa shape index (κ1) is 31.3. The van der Waals surface area contributed by atoms with Crippen molar-refractivity contribution in [3.63, 3.8) is 0 Å². The minimum absolute atomic E-state index is 0.0717. The zero-order chi connectivity index (χ0) is 30.8. The number of carbonyl (C=O) groups excluding carboxylic acids is 4. The first-order valence-electron chi connectivity index (χ1n) is 14.7. The van der Waals surface area contributed by atoms with E-state index < -0.39 is 12.1 Å². The van der Waals surface area contributed by atoms with Crippen molar-refractivity contribution >= 4 is 23.6 Å². The molecule has 12 heteroatoms. The predicted molar refractivity (Wildman–Crippen MR) is 160 cm³/mol. The zero-order valence-corrected chi connectivity index (χ0v) is 25.0. The number of aromatic nitrogens is 4. The molecule has 4 amide bonds. The summed E-state index contributed by atoms with van der Waals surface area (Å²) in [6, 6.07) is 11.5. The lowest BCUT2D eigenvalue weighted by molar-refractivity contribution is -0.129.